The lowest BCUT2D eigenvalue weighted by Gasteiger charge is -2.29. The highest BCUT2D eigenvalue weighted by molar-refractivity contribution is 5.74. The van der Waals surface area contributed by atoms with Crippen LogP contribution in [0.25, 0.3) is 0 Å². The average molecular weight is 196 g/mol. The van der Waals surface area contributed by atoms with Crippen molar-refractivity contribution in [1.29, 1.82) is 0 Å². The predicted octanol–water partition coefficient (Wildman–Crippen LogP) is 0.997. The van der Waals surface area contributed by atoms with Crippen LogP contribution in [-0.2, 0) is 4.79 Å². The summed E-state index contributed by atoms with van der Waals surface area (Å²) in [5.41, 5.74) is 0. The molecule has 1 saturated heterocycles. The summed E-state index contributed by atoms with van der Waals surface area (Å²) < 4.78 is 0. The monoisotopic (exact) mass is 196 g/mol. The van der Waals surface area contributed by atoms with Crippen LogP contribution >= 0.6 is 0 Å². The molecule has 3 nitrogen and oxygen atoms in total. The Morgan fingerprint density at radius 2 is 2.21 bits per heavy atom. The summed E-state index contributed by atoms with van der Waals surface area (Å²) in [4.78, 5) is 13.5. The molecule has 2 rings (SSSR count). The molecule has 3 heteroatoms. The fraction of sp³-hybridized carbons (Fsp3) is 0.909. The van der Waals surface area contributed by atoms with E-state index in [-0.39, 0.29) is 5.91 Å². The van der Waals surface area contributed by atoms with Crippen LogP contribution in [0.3, 0.4) is 0 Å². The zero-order chi connectivity index (χ0) is 9.97. The van der Waals surface area contributed by atoms with Crippen LogP contribution in [0, 0.1) is 5.92 Å². The van der Waals surface area contributed by atoms with Gasteiger partial charge in [-0.15, -0.1) is 0 Å². The summed E-state index contributed by atoms with van der Waals surface area (Å²) in [6.45, 7) is 4.93. The number of hydrogen-bond donors (Lipinski definition) is 1. The van der Waals surface area contributed by atoms with E-state index in [1.807, 2.05) is 0 Å². The van der Waals surface area contributed by atoms with Gasteiger partial charge in [-0.1, -0.05) is 0 Å². The van der Waals surface area contributed by atoms with E-state index in [2.05, 4.69) is 10.2 Å². The molecule has 2 aliphatic rings. The highest BCUT2D eigenvalue weighted by Crippen LogP contribution is 2.28. The van der Waals surface area contributed by atoms with Gasteiger partial charge in [-0.2, -0.15) is 0 Å². The maximum Gasteiger partial charge on any atom is 0.219 e. The molecule has 14 heavy (non-hydrogen) atoms. The van der Waals surface area contributed by atoms with Gasteiger partial charge in [-0.25, -0.2) is 0 Å². The lowest BCUT2D eigenvalue weighted by atomic mass is 9.99. The molecule has 80 valence electrons. The molecule has 0 aromatic heterocycles. The predicted molar refractivity (Wildman–Crippen MR) is 56.0 cm³/mol. The maximum absolute atomic E-state index is 11.4. The van der Waals surface area contributed by atoms with Gasteiger partial charge in [-0.05, 0) is 44.7 Å². The van der Waals surface area contributed by atoms with Crippen LogP contribution in [0.4, 0.5) is 0 Å². The molecular weight excluding hydrogens is 176 g/mol. The van der Waals surface area contributed by atoms with Crippen molar-refractivity contribution in [2.24, 2.45) is 5.92 Å². The second-order valence-corrected chi connectivity index (χ2v) is 4.61. The quantitative estimate of drug-likeness (QED) is 0.730. The van der Waals surface area contributed by atoms with E-state index < -0.39 is 0 Å². The van der Waals surface area contributed by atoms with Crippen molar-refractivity contribution in [3.05, 3.63) is 0 Å². The molecule has 0 radical (unpaired) electrons. The fourth-order valence-corrected chi connectivity index (χ4v) is 2.28. The van der Waals surface area contributed by atoms with E-state index in [0.29, 0.717) is 12.0 Å². The van der Waals surface area contributed by atoms with Crippen LogP contribution in [-0.4, -0.2) is 36.5 Å². The summed E-state index contributed by atoms with van der Waals surface area (Å²) in [5, 5.41) is 3.40. The average Bonchev–Trinajstić information content (AvgIpc) is 2.99. The lowest BCUT2D eigenvalue weighted by molar-refractivity contribution is -0.130. The third-order valence-corrected chi connectivity index (χ3v) is 3.25. The lowest BCUT2D eigenvalue weighted by Crippen LogP contribution is -2.41. The number of carbonyl (C=O) groups excluding carboxylic acids is 1. The summed E-state index contributed by atoms with van der Waals surface area (Å²) in [6.07, 6.45) is 4.99. The Kier molecular flexibility index (Phi) is 3.06. The zero-order valence-corrected chi connectivity index (χ0v) is 8.96. The molecule has 0 aromatic rings. The minimum absolute atomic E-state index is 0.262. The first-order valence-electron chi connectivity index (χ1n) is 5.75. The maximum atomic E-state index is 11.4. The topological polar surface area (TPSA) is 32.3 Å². The molecule has 1 atom stereocenters. The summed E-state index contributed by atoms with van der Waals surface area (Å²) in [6, 6.07) is 0.578. The van der Waals surface area contributed by atoms with Gasteiger partial charge in [0.2, 0.25) is 5.91 Å². The Bertz CT molecular complexity index is 207. The minimum Gasteiger partial charge on any atom is -0.340 e. The minimum atomic E-state index is 0.262. The summed E-state index contributed by atoms with van der Waals surface area (Å²) in [7, 11) is 0. The summed E-state index contributed by atoms with van der Waals surface area (Å²) >= 11 is 0. The molecule has 0 bridgehead atoms. The number of rotatable bonds is 3. The van der Waals surface area contributed by atoms with Gasteiger partial charge in [0.05, 0.1) is 0 Å². The molecule has 0 spiro atoms. The Morgan fingerprint density at radius 1 is 1.43 bits per heavy atom. The number of amides is 1. The van der Waals surface area contributed by atoms with Gasteiger partial charge >= 0.3 is 0 Å². The Morgan fingerprint density at radius 3 is 2.71 bits per heavy atom. The van der Waals surface area contributed by atoms with Crippen molar-refractivity contribution in [1.82, 2.24) is 10.2 Å². The number of nitrogens with zero attached hydrogens (tertiary/aromatic N) is 1. The van der Waals surface area contributed by atoms with Crippen molar-refractivity contribution < 1.29 is 4.79 Å². The molecule has 1 saturated carbocycles. The van der Waals surface area contributed by atoms with Gasteiger partial charge in [-0.3, -0.25) is 4.79 Å². The van der Waals surface area contributed by atoms with Crippen LogP contribution in [0.1, 0.15) is 32.6 Å². The normalized spacial score (nSPS) is 27.4. The highest BCUT2D eigenvalue weighted by Gasteiger charge is 2.32. The molecule has 1 heterocycles. The van der Waals surface area contributed by atoms with E-state index >= 15 is 0 Å². The standard InChI is InChI=1S/C11H20N2O/c1-9(14)13(11-4-5-11)8-10-3-2-6-12-7-10/h10-12H,2-8H2,1H3/t10-/m0/s1. The number of carbonyl (C=O) groups is 1. The van der Waals surface area contributed by atoms with E-state index in [0.717, 1.165) is 19.6 Å². The van der Waals surface area contributed by atoms with Crippen molar-refractivity contribution in [3.63, 3.8) is 0 Å². The van der Waals surface area contributed by atoms with Gasteiger partial charge < -0.3 is 10.2 Å². The van der Waals surface area contributed by atoms with Crippen molar-refractivity contribution in [2.45, 2.75) is 38.6 Å². The molecule has 1 aliphatic carbocycles. The first kappa shape index (κ1) is 9.97. The molecule has 1 N–H and O–H groups in total. The molecular formula is C11H20N2O. The van der Waals surface area contributed by atoms with E-state index in [1.54, 1.807) is 6.92 Å². The first-order chi connectivity index (χ1) is 6.77. The second-order valence-electron chi connectivity index (χ2n) is 4.61. The molecule has 0 aromatic carbocycles. The van der Waals surface area contributed by atoms with Crippen molar-refractivity contribution >= 4 is 5.91 Å². The molecule has 0 unspecified atom stereocenters. The Hall–Kier alpha value is -0.570. The van der Waals surface area contributed by atoms with E-state index in [1.165, 1.54) is 25.7 Å². The van der Waals surface area contributed by atoms with Crippen molar-refractivity contribution in [2.75, 3.05) is 19.6 Å². The number of hydrogen-bond acceptors (Lipinski definition) is 2. The molecule has 2 fully saturated rings. The van der Waals surface area contributed by atoms with Crippen molar-refractivity contribution in [3.8, 4) is 0 Å². The van der Waals surface area contributed by atoms with Crippen LogP contribution in [0.15, 0.2) is 0 Å². The number of piperidine rings is 1. The van der Waals surface area contributed by atoms with E-state index in [9.17, 15) is 4.79 Å². The first-order valence-corrected chi connectivity index (χ1v) is 5.75. The SMILES string of the molecule is CC(=O)N(C[C@H]1CCCNC1)C1CC1. The Labute approximate surface area is 85.8 Å². The summed E-state index contributed by atoms with van der Waals surface area (Å²) in [5.74, 6) is 0.950. The Balaban J connectivity index is 1.82. The van der Waals surface area contributed by atoms with Gasteiger partial charge in [0.1, 0.15) is 0 Å². The van der Waals surface area contributed by atoms with Crippen LogP contribution in [0.5, 0.6) is 0 Å². The number of nitrogens with one attached hydrogen (secondary N) is 1. The third kappa shape index (κ3) is 2.47. The molecule has 1 amide bonds. The fourth-order valence-electron chi connectivity index (χ4n) is 2.28. The smallest absolute Gasteiger partial charge is 0.219 e. The third-order valence-electron chi connectivity index (χ3n) is 3.25. The zero-order valence-electron chi connectivity index (χ0n) is 8.96. The molecule has 1 aliphatic heterocycles. The van der Waals surface area contributed by atoms with E-state index in [4.69, 9.17) is 0 Å². The van der Waals surface area contributed by atoms with Crippen LogP contribution < -0.4 is 5.32 Å². The van der Waals surface area contributed by atoms with Gasteiger partial charge in [0.25, 0.3) is 0 Å². The largest absolute Gasteiger partial charge is 0.340 e. The highest BCUT2D eigenvalue weighted by atomic mass is 16.2. The van der Waals surface area contributed by atoms with Crippen LogP contribution in [0.2, 0.25) is 0 Å². The second kappa shape index (κ2) is 4.30. The van der Waals surface area contributed by atoms with Gasteiger partial charge in [0, 0.05) is 19.5 Å². The van der Waals surface area contributed by atoms with Gasteiger partial charge in [0.15, 0.2) is 0 Å².